The standard InChI is InChI=1S/C17H19N3O2/c18-10-12-4-3-5-14(8-12)19-17(22)13-9-16(21)20(11-13)15-6-1-2-7-15/h3-5,8,13,15H,1-2,6-7,9,11H2,(H,19,22)/t13-/m1/s1. The van der Waals surface area contributed by atoms with Crippen LogP contribution in [0.15, 0.2) is 24.3 Å². The Balaban J connectivity index is 1.63. The number of benzene rings is 1. The molecule has 2 aliphatic rings. The molecule has 0 aromatic heterocycles. The number of nitrogens with zero attached hydrogens (tertiary/aromatic N) is 2. The molecule has 0 radical (unpaired) electrons. The number of anilines is 1. The first-order chi connectivity index (χ1) is 10.7. The molecule has 1 aliphatic heterocycles. The van der Waals surface area contributed by atoms with E-state index in [1.54, 1.807) is 24.3 Å². The molecule has 1 atom stereocenters. The van der Waals surface area contributed by atoms with Gasteiger partial charge in [0.1, 0.15) is 0 Å². The van der Waals surface area contributed by atoms with E-state index in [4.69, 9.17) is 5.26 Å². The van der Waals surface area contributed by atoms with Crippen LogP contribution in [-0.2, 0) is 9.59 Å². The molecule has 114 valence electrons. The molecule has 22 heavy (non-hydrogen) atoms. The Morgan fingerprint density at radius 3 is 2.82 bits per heavy atom. The SMILES string of the molecule is N#Cc1cccc(NC(=O)[C@@H]2CC(=O)N(C3CCCC3)C2)c1. The van der Waals surface area contributed by atoms with Crippen molar-refractivity contribution in [1.82, 2.24) is 4.90 Å². The summed E-state index contributed by atoms with van der Waals surface area (Å²) in [6.45, 7) is 0.521. The van der Waals surface area contributed by atoms with Crippen LogP contribution in [0.5, 0.6) is 0 Å². The fraction of sp³-hybridized carbons (Fsp3) is 0.471. The van der Waals surface area contributed by atoms with Crippen LogP contribution in [0.2, 0.25) is 0 Å². The summed E-state index contributed by atoms with van der Waals surface area (Å²) in [5.41, 5.74) is 1.11. The van der Waals surface area contributed by atoms with E-state index in [-0.39, 0.29) is 17.7 Å². The minimum absolute atomic E-state index is 0.0952. The number of hydrogen-bond donors (Lipinski definition) is 1. The molecule has 1 aromatic carbocycles. The molecule has 0 bridgehead atoms. The van der Waals surface area contributed by atoms with Gasteiger partial charge in [-0.1, -0.05) is 18.9 Å². The van der Waals surface area contributed by atoms with E-state index in [1.807, 2.05) is 11.0 Å². The minimum atomic E-state index is -0.293. The maximum Gasteiger partial charge on any atom is 0.229 e. The van der Waals surface area contributed by atoms with E-state index >= 15 is 0 Å². The highest BCUT2D eigenvalue weighted by Crippen LogP contribution is 2.30. The van der Waals surface area contributed by atoms with Gasteiger partial charge in [0.05, 0.1) is 17.6 Å². The Bertz CT molecular complexity index is 629. The van der Waals surface area contributed by atoms with E-state index in [9.17, 15) is 9.59 Å². The summed E-state index contributed by atoms with van der Waals surface area (Å²) in [5.74, 6) is -0.333. The first-order valence-corrected chi connectivity index (χ1v) is 7.78. The molecule has 3 rings (SSSR count). The van der Waals surface area contributed by atoms with Gasteiger partial charge in [0.2, 0.25) is 11.8 Å². The average molecular weight is 297 g/mol. The summed E-state index contributed by atoms with van der Waals surface area (Å²) >= 11 is 0. The lowest BCUT2D eigenvalue weighted by molar-refractivity contribution is -0.129. The van der Waals surface area contributed by atoms with Crippen molar-refractivity contribution in [3.63, 3.8) is 0 Å². The van der Waals surface area contributed by atoms with Crippen LogP contribution in [0.3, 0.4) is 0 Å². The largest absolute Gasteiger partial charge is 0.339 e. The lowest BCUT2D eigenvalue weighted by Gasteiger charge is -2.23. The fourth-order valence-electron chi connectivity index (χ4n) is 3.39. The molecule has 1 heterocycles. The van der Waals surface area contributed by atoms with Crippen molar-refractivity contribution < 1.29 is 9.59 Å². The Morgan fingerprint density at radius 1 is 1.32 bits per heavy atom. The molecular formula is C17H19N3O2. The third kappa shape index (κ3) is 2.96. The maximum atomic E-state index is 12.3. The van der Waals surface area contributed by atoms with Gasteiger partial charge in [-0.3, -0.25) is 9.59 Å². The highest BCUT2D eigenvalue weighted by molar-refractivity contribution is 5.97. The molecule has 0 spiro atoms. The highest BCUT2D eigenvalue weighted by atomic mass is 16.2. The summed E-state index contributed by atoms with van der Waals surface area (Å²) in [7, 11) is 0. The van der Waals surface area contributed by atoms with Crippen LogP contribution in [0.4, 0.5) is 5.69 Å². The van der Waals surface area contributed by atoms with Gasteiger partial charge in [0, 0.05) is 24.7 Å². The summed E-state index contributed by atoms with van der Waals surface area (Å²) in [6, 6.07) is 9.20. The maximum absolute atomic E-state index is 12.3. The molecule has 1 N–H and O–H groups in total. The molecule has 2 amide bonds. The summed E-state index contributed by atoms with van der Waals surface area (Å²) in [6.07, 6.45) is 4.76. The summed E-state index contributed by atoms with van der Waals surface area (Å²) in [5, 5.41) is 11.7. The van der Waals surface area contributed by atoms with Crippen LogP contribution in [0.25, 0.3) is 0 Å². The molecule has 0 unspecified atom stereocenters. The molecular weight excluding hydrogens is 278 g/mol. The Morgan fingerprint density at radius 2 is 2.09 bits per heavy atom. The van der Waals surface area contributed by atoms with Crippen molar-refractivity contribution in [2.24, 2.45) is 5.92 Å². The van der Waals surface area contributed by atoms with Crippen LogP contribution in [-0.4, -0.2) is 29.3 Å². The van der Waals surface area contributed by atoms with E-state index in [0.29, 0.717) is 30.3 Å². The van der Waals surface area contributed by atoms with Gasteiger partial charge in [-0.05, 0) is 31.0 Å². The van der Waals surface area contributed by atoms with E-state index in [1.165, 1.54) is 12.8 Å². The van der Waals surface area contributed by atoms with Crippen molar-refractivity contribution >= 4 is 17.5 Å². The van der Waals surface area contributed by atoms with Gasteiger partial charge in [0.15, 0.2) is 0 Å². The molecule has 1 saturated carbocycles. The second-order valence-electron chi connectivity index (χ2n) is 6.07. The monoisotopic (exact) mass is 297 g/mol. The Labute approximate surface area is 129 Å². The van der Waals surface area contributed by atoms with Crippen LogP contribution in [0, 0.1) is 17.2 Å². The number of nitriles is 1. The normalized spacial score (nSPS) is 21.9. The lowest BCUT2D eigenvalue weighted by atomic mass is 10.1. The fourth-order valence-corrected chi connectivity index (χ4v) is 3.39. The zero-order chi connectivity index (χ0) is 15.5. The predicted octanol–water partition coefficient (Wildman–Crippen LogP) is 2.29. The number of rotatable bonds is 3. The minimum Gasteiger partial charge on any atom is -0.339 e. The number of nitrogens with one attached hydrogen (secondary N) is 1. The average Bonchev–Trinajstić information content (AvgIpc) is 3.16. The van der Waals surface area contributed by atoms with Crippen LogP contribution < -0.4 is 5.32 Å². The molecule has 1 aliphatic carbocycles. The number of likely N-dealkylation sites (tertiary alicyclic amines) is 1. The first-order valence-electron chi connectivity index (χ1n) is 7.78. The summed E-state index contributed by atoms with van der Waals surface area (Å²) < 4.78 is 0. The molecule has 5 heteroatoms. The summed E-state index contributed by atoms with van der Waals surface area (Å²) in [4.78, 5) is 26.4. The van der Waals surface area contributed by atoms with Crippen molar-refractivity contribution in [3.05, 3.63) is 29.8 Å². The molecule has 1 saturated heterocycles. The quantitative estimate of drug-likeness (QED) is 0.930. The smallest absolute Gasteiger partial charge is 0.229 e. The van der Waals surface area contributed by atoms with E-state index < -0.39 is 0 Å². The predicted molar refractivity (Wildman–Crippen MR) is 81.9 cm³/mol. The molecule has 2 fully saturated rings. The van der Waals surface area contributed by atoms with Gasteiger partial charge >= 0.3 is 0 Å². The van der Waals surface area contributed by atoms with Gasteiger partial charge in [-0.15, -0.1) is 0 Å². The number of amides is 2. The van der Waals surface area contributed by atoms with Crippen molar-refractivity contribution in [2.45, 2.75) is 38.1 Å². The van der Waals surface area contributed by atoms with Crippen LogP contribution >= 0.6 is 0 Å². The highest BCUT2D eigenvalue weighted by Gasteiger charge is 2.38. The second kappa shape index (κ2) is 6.18. The third-order valence-corrected chi connectivity index (χ3v) is 4.55. The second-order valence-corrected chi connectivity index (χ2v) is 6.07. The van der Waals surface area contributed by atoms with E-state index in [0.717, 1.165) is 12.8 Å². The number of hydrogen-bond acceptors (Lipinski definition) is 3. The third-order valence-electron chi connectivity index (χ3n) is 4.55. The Kier molecular flexibility index (Phi) is 4.10. The van der Waals surface area contributed by atoms with Crippen molar-refractivity contribution in [1.29, 1.82) is 5.26 Å². The van der Waals surface area contributed by atoms with Crippen molar-refractivity contribution in [2.75, 3.05) is 11.9 Å². The van der Waals surface area contributed by atoms with Gasteiger partial charge in [-0.25, -0.2) is 0 Å². The van der Waals surface area contributed by atoms with Crippen molar-refractivity contribution in [3.8, 4) is 6.07 Å². The number of carbonyl (C=O) groups is 2. The molecule has 5 nitrogen and oxygen atoms in total. The van der Waals surface area contributed by atoms with Gasteiger partial charge in [-0.2, -0.15) is 5.26 Å². The Hall–Kier alpha value is -2.35. The zero-order valence-corrected chi connectivity index (χ0v) is 12.4. The van der Waals surface area contributed by atoms with E-state index in [2.05, 4.69) is 5.32 Å². The molecule has 1 aromatic rings. The van der Waals surface area contributed by atoms with Gasteiger partial charge < -0.3 is 10.2 Å². The van der Waals surface area contributed by atoms with Crippen LogP contribution in [0.1, 0.15) is 37.7 Å². The zero-order valence-electron chi connectivity index (χ0n) is 12.4. The lowest BCUT2D eigenvalue weighted by Crippen LogP contribution is -2.35. The first kappa shape index (κ1) is 14.6. The topological polar surface area (TPSA) is 73.2 Å². The number of carbonyl (C=O) groups excluding carboxylic acids is 2. The van der Waals surface area contributed by atoms with Gasteiger partial charge in [0.25, 0.3) is 0 Å².